The van der Waals surface area contributed by atoms with E-state index in [2.05, 4.69) is 20.8 Å². The zero-order chi connectivity index (χ0) is 19.8. The summed E-state index contributed by atoms with van der Waals surface area (Å²) in [6.45, 7) is 7.12. The molecule has 0 bridgehead atoms. The molecule has 1 aliphatic heterocycles. The third-order valence-electron chi connectivity index (χ3n) is 5.47. The third kappa shape index (κ3) is 3.23. The van der Waals surface area contributed by atoms with Crippen molar-refractivity contribution in [2.75, 3.05) is 6.61 Å². The second-order valence-electron chi connectivity index (χ2n) is 8.42. The Balaban J connectivity index is 1.81. The summed E-state index contributed by atoms with van der Waals surface area (Å²) < 4.78 is 6.01. The monoisotopic (exact) mass is 388 g/mol. The summed E-state index contributed by atoms with van der Waals surface area (Å²) in [5.74, 6) is 0.651. The van der Waals surface area contributed by atoms with Crippen molar-refractivity contribution in [3.05, 3.63) is 101 Å². The van der Waals surface area contributed by atoms with E-state index in [4.69, 9.17) is 10.1 Å². The first kappa shape index (κ1) is 18.8. The molecule has 0 unspecified atom stereocenters. The van der Waals surface area contributed by atoms with Gasteiger partial charge >= 0.3 is 0 Å². The molecule has 2 aromatic carbocycles. The van der Waals surface area contributed by atoms with E-state index in [1.165, 1.54) is 0 Å². The van der Waals surface area contributed by atoms with Crippen LogP contribution in [0, 0.1) is 5.41 Å². The van der Waals surface area contributed by atoms with Gasteiger partial charge in [-0.05, 0) is 26.6 Å². The van der Waals surface area contributed by atoms with E-state index in [0.29, 0.717) is 12.5 Å². The summed E-state index contributed by atoms with van der Waals surface area (Å²) >= 11 is 0. The number of hydrogen-bond acceptors (Lipinski definition) is 2. The maximum Gasteiger partial charge on any atom is 0.286 e. The molecule has 3 nitrogen and oxygen atoms in total. The van der Waals surface area contributed by atoms with Crippen LogP contribution in [0.5, 0.6) is 0 Å². The molecule has 4 heteroatoms. The largest absolute Gasteiger partial charge is 0.648 e. The molecular weight excluding hydrogens is 362 g/mol. The van der Waals surface area contributed by atoms with Gasteiger partial charge in [0.15, 0.2) is 0 Å². The molecule has 1 fully saturated rings. The summed E-state index contributed by atoms with van der Waals surface area (Å²) in [5.41, 5.74) is 0.954. The lowest BCUT2D eigenvalue weighted by atomic mass is 9.88. The Bertz CT molecular complexity index is 900. The smallest absolute Gasteiger partial charge is 0.286 e. The van der Waals surface area contributed by atoms with Gasteiger partial charge in [0.2, 0.25) is 0 Å². The molecule has 0 saturated carbocycles. The molecule has 2 aliphatic rings. The van der Waals surface area contributed by atoms with Gasteiger partial charge in [0.25, 0.3) is 8.32 Å². The van der Waals surface area contributed by atoms with Crippen molar-refractivity contribution >= 4 is 18.7 Å². The second kappa shape index (κ2) is 7.11. The topological polar surface area (TPSA) is 43.6 Å². The molecule has 1 N–H and O–H groups in total. The number of benzene rings is 2. The summed E-state index contributed by atoms with van der Waals surface area (Å²) in [6, 6.07) is 20.1. The number of allylic oxidation sites excluding steroid dienone is 5. The number of nitrogens with zero attached hydrogens (tertiary/aromatic N) is 1. The van der Waals surface area contributed by atoms with Gasteiger partial charge in [-0.1, -0.05) is 106 Å². The molecule has 0 amide bonds. The minimum atomic E-state index is -3.17. The van der Waals surface area contributed by atoms with Crippen LogP contribution in [0.2, 0.25) is 0 Å². The molecule has 144 valence electrons. The summed E-state index contributed by atoms with van der Waals surface area (Å²) in [7, 11) is -3.17. The second-order valence-corrected chi connectivity index (χ2v) is 11.5. The highest BCUT2D eigenvalue weighted by Crippen LogP contribution is 2.39. The van der Waals surface area contributed by atoms with Crippen molar-refractivity contribution in [3.63, 3.8) is 0 Å². The Labute approximate surface area is 168 Å². The molecule has 0 radical (unpaired) electrons. The van der Waals surface area contributed by atoms with Crippen LogP contribution >= 0.6 is 0 Å². The predicted molar refractivity (Wildman–Crippen MR) is 117 cm³/mol. The van der Waals surface area contributed by atoms with E-state index in [1.807, 2.05) is 78.9 Å². The fraction of sp³-hybridized carbons (Fsp3) is 0.250. The SMILES string of the molecule is CC(C)(C)[C@H]1CO/C(=C2\C=CC=C2[Si](O)(c2ccccc2)c2ccccc2)[N-]1. The van der Waals surface area contributed by atoms with Crippen LogP contribution in [-0.2, 0) is 4.74 Å². The molecule has 1 aliphatic carbocycles. The average Bonchev–Trinajstić information content (AvgIpc) is 3.38. The van der Waals surface area contributed by atoms with Crippen molar-refractivity contribution in [2.45, 2.75) is 26.8 Å². The van der Waals surface area contributed by atoms with Gasteiger partial charge in [-0.15, -0.1) is 0 Å². The first-order valence-electron chi connectivity index (χ1n) is 9.71. The van der Waals surface area contributed by atoms with Crippen LogP contribution in [0.1, 0.15) is 20.8 Å². The molecule has 4 rings (SSSR count). The Morgan fingerprint density at radius 1 is 0.964 bits per heavy atom. The first-order valence-corrected chi connectivity index (χ1v) is 11.7. The molecular formula is C24H26NO2Si-. The predicted octanol–water partition coefficient (Wildman–Crippen LogP) is 3.80. The Hall–Kier alpha value is -2.56. The summed E-state index contributed by atoms with van der Waals surface area (Å²) in [4.78, 5) is 12.2. The van der Waals surface area contributed by atoms with E-state index in [1.54, 1.807) is 0 Å². The van der Waals surface area contributed by atoms with Gasteiger partial charge < -0.3 is 14.8 Å². The lowest BCUT2D eigenvalue weighted by Crippen LogP contribution is -2.60. The van der Waals surface area contributed by atoms with Crippen LogP contribution in [0.15, 0.2) is 95.5 Å². The van der Waals surface area contributed by atoms with E-state index in [-0.39, 0.29) is 11.5 Å². The number of hydrogen-bond donors (Lipinski definition) is 1. The zero-order valence-corrected chi connectivity index (χ0v) is 17.6. The number of ether oxygens (including phenoxy) is 1. The van der Waals surface area contributed by atoms with Crippen LogP contribution in [0.25, 0.3) is 5.32 Å². The molecule has 1 heterocycles. The average molecular weight is 389 g/mol. The Kier molecular flexibility index (Phi) is 4.77. The van der Waals surface area contributed by atoms with Gasteiger partial charge in [-0.3, -0.25) is 0 Å². The van der Waals surface area contributed by atoms with Crippen molar-refractivity contribution in [1.82, 2.24) is 0 Å². The van der Waals surface area contributed by atoms with Crippen LogP contribution in [-0.4, -0.2) is 25.8 Å². The first-order chi connectivity index (χ1) is 13.4. The van der Waals surface area contributed by atoms with Gasteiger partial charge in [0.05, 0.1) is 6.61 Å². The zero-order valence-electron chi connectivity index (χ0n) is 16.6. The quantitative estimate of drug-likeness (QED) is 0.813. The van der Waals surface area contributed by atoms with Crippen molar-refractivity contribution in [3.8, 4) is 0 Å². The highest BCUT2D eigenvalue weighted by Gasteiger charge is 2.42. The molecule has 0 spiro atoms. The van der Waals surface area contributed by atoms with E-state index in [0.717, 1.165) is 21.1 Å². The molecule has 1 saturated heterocycles. The summed E-state index contributed by atoms with van der Waals surface area (Å²) in [5, 5.41) is 7.71. The van der Waals surface area contributed by atoms with E-state index < -0.39 is 8.32 Å². The number of rotatable bonds is 3. The van der Waals surface area contributed by atoms with Crippen LogP contribution in [0.3, 0.4) is 0 Å². The highest BCUT2D eigenvalue weighted by molar-refractivity contribution is 7.02. The van der Waals surface area contributed by atoms with Crippen LogP contribution in [0.4, 0.5) is 0 Å². The van der Waals surface area contributed by atoms with E-state index >= 15 is 0 Å². The highest BCUT2D eigenvalue weighted by atomic mass is 28.4. The van der Waals surface area contributed by atoms with E-state index in [9.17, 15) is 4.80 Å². The molecule has 1 atom stereocenters. The van der Waals surface area contributed by atoms with Crippen LogP contribution < -0.4 is 10.4 Å². The Morgan fingerprint density at radius 3 is 2.04 bits per heavy atom. The third-order valence-corrected chi connectivity index (χ3v) is 9.02. The van der Waals surface area contributed by atoms with Gasteiger partial charge in [0.1, 0.15) is 0 Å². The van der Waals surface area contributed by atoms with Gasteiger partial charge in [0, 0.05) is 5.88 Å². The standard InChI is InChI=1S/C24H26NO2Si/c1-24(2,3)22-17-27-23(25-22)20-15-10-16-21(20)28(26,18-11-6-4-7-12-18)19-13-8-5-9-14-19/h4-16,22,26H,17H2,1-3H3/q-1/b23-20+/t22-/m1/s1. The van der Waals surface area contributed by atoms with Crippen molar-refractivity contribution in [1.29, 1.82) is 0 Å². The molecule has 0 aromatic heterocycles. The molecule has 28 heavy (non-hydrogen) atoms. The Morgan fingerprint density at radius 2 is 1.54 bits per heavy atom. The maximum absolute atomic E-state index is 12.2. The fourth-order valence-electron chi connectivity index (χ4n) is 3.72. The fourth-order valence-corrected chi connectivity index (χ4v) is 6.95. The minimum absolute atomic E-state index is 0.0428. The lowest BCUT2D eigenvalue weighted by molar-refractivity contribution is 0.216. The lowest BCUT2D eigenvalue weighted by Gasteiger charge is -2.35. The van der Waals surface area contributed by atoms with Crippen molar-refractivity contribution in [2.24, 2.45) is 5.41 Å². The summed E-state index contributed by atoms with van der Waals surface area (Å²) in [6.07, 6.45) is 6.03. The van der Waals surface area contributed by atoms with Crippen molar-refractivity contribution < 1.29 is 9.53 Å². The normalized spacial score (nSPS) is 22.0. The van der Waals surface area contributed by atoms with Gasteiger partial charge in [-0.2, -0.15) is 0 Å². The molecule has 2 aromatic rings. The minimum Gasteiger partial charge on any atom is -0.648 e. The van der Waals surface area contributed by atoms with Gasteiger partial charge in [-0.25, -0.2) is 0 Å². The maximum atomic E-state index is 12.2.